The molecule has 1 saturated heterocycles. The van der Waals surface area contributed by atoms with Crippen LogP contribution in [0.4, 0.5) is 4.79 Å². The number of nitrogens with zero attached hydrogens (tertiary/aromatic N) is 1. The van der Waals surface area contributed by atoms with Gasteiger partial charge in [0, 0.05) is 32.5 Å². The molecule has 0 aliphatic carbocycles. The van der Waals surface area contributed by atoms with E-state index in [0.29, 0.717) is 19.4 Å². The van der Waals surface area contributed by atoms with E-state index in [0.717, 1.165) is 18.4 Å². The molecule has 11 nitrogen and oxygen atoms in total. The van der Waals surface area contributed by atoms with Crippen molar-refractivity contribution in [2.45, 2.75) is 98.9 Å². The van der Waals surface area contributed by atoms with Crippen LogP contribution >= 0.6 is 0 Å². The number of alkyl carbamates (subject to hydrolysis) is 1. The normalized spacial score (nSPS) is 16.7. The number of allylic oxidation sites excluding steroid dienone is 1. The molecule has 0 radical (unpaired) electrons. The number of benzene rings is 1. The van der Waals surface area contributed by atoms with E-state index in [1.54, 1.807) is 20.8 Å². The Kier molecular flexibility index (Phi) is 16.1. The lowest BCUT2D eigenvalue weighted by Gasteiger charge is -2.31. The predicted molar refractivity (Wildman–Crippen MR) is 173 cm³/mol. The first kappa shape index (κ1) is 37.7. The molecule has 0 spiro atoms. The molecule has 1 aromatic rings. The van der Waals surface area contributed by atoms with Crippen LogP contribution < -0.4 is 16.2 Å². The Morgan fingerprint density at radius 2 is 1.71 bits per heavy atom. The minimum absolute atomic E-state index is 0.0416. The van der Waals surface area contributed by atoms with E-state index in [1.807, 2.05) is 70.2 Å². The summed E-state index contributed by atoms with van der Waals surface area (Å²) >= 11 is 0. The van der Waals surface area contributed by atoms with Crippen LogP contribution in [-0.4, -0.2) is 60.4 Å². The molecule has 0 bridgehead atoms. The number of hydrogen-bond acceptors (Lipinski definition) is 7. The zero-order valence-corrected chi connectivity index (χ0v) is 28.1. The highest BCUT2D eigenvalue weighted by molar-refractivity contribution is 5.89. The highest BCUT2D eigenvalue weighted by atomic mass is 16.8. The first-order valence-corrected chi connectivity index (χ1v) is 16.1. The molecule has 45 heavy (non-hydrogen) atoms. The standard InChI is InChI=1S/C34H54N4O7/c1-24(2)22-28(31(40)36-38(23-25(3)4)29(39)19-20-35-33(42)44-34(5,6)7)27(17-13-16-26-14-9-8-10-15-26)32(41)37-45-30-18-11-12-21-43-30/h8-10,13-16,24-25,27-28,30H,11-12,17-23H2,1-7H3,(H,35,42)(H,36,40)(H,37,41)/b16-13+/t27-,28+,30?/m0/s1. The first-order valence-electron chi connectivity index (χ1n) is 16.1. The lowest BCUT2D eigenvalue weighted by Crippen LogP contribution is -2.53. The van der Waals surface area contributed by atoms with Crippen molar-refractivity contribution in [3.8, 4) is 0 Å². The Hall–Kier alpha value is -3.44. The molecule has 1 aromatic carbocycles. The fourth-order valence-corrected chi connectivity index (χ4v) is 4.85. The molecule has 1 heterocycles. The van der Waals surface area contributed by atoms with Crippen molar-refractivity contribution in [1.82, 2.24) is 21.2 Å². The Balaban J connectivity index is 2.22. The van der Waals surface area contributed by atoms with Gasteiger partial charge in [-0.05, 0) is 63.9 Å². The minimum Gasteiger partial charge on any atom is -0.444 e. The summed E-state index contributed by atoms with van der Waals surface area (Å²) in [6, 6.07) is 9.71. The molecular formula is C34H54N4O7. The number of ether oxygens (including phenoxy) is 2. The molecule has 1 fully saturated rings. The van der Waals surface area contributed by atoms with E-state index in [-0.39, 0.29) is 43.7 Å². The molecule has 1 aliphatic rings. The number of carbonyl (C=O) groups is 4. The van der Waals surface area contributed by atoms with Gasteiger partial charge in [0.05, 0.1) is 11.8 Å². The third kappa shape index (κ3) is 15.4. The maximum absolute atomic E-state index is 13.9. The summed E-state index contributed by atoms with van der Waals surface area (Å²) in [6.07, 6.45) is 5.85. The van der Waals surface area contributed by atoms with E-state index in [2.05, 4.69) is 16.2 Å². The quantitative estimate of drug-likeness (QED) is 0.222. The summed E-state index contributed by atoms with van der Waals surface area (Å²) in [7, 11) is 0. The molecule has 3 atom stereocenters. The van der Waals surface area contributed by atoms with Crippen LogP contribution in [-0.2, 0) is 28.7 Å². The van der Waals surface area contributed by atoms with Crippen LogP contribution in [0.25, 0.3) is 6.08 Å². The third-order valence-electron chi connectivity index (χ3n) is 6.91. The number of rotatable bonds is 15. The van der Waals surface area contributed by atoms with E-state index in [9.17, 15) is 19.2 Å². The van der Waals surface area contributed by atoms with Crippen molar-refractivity contribution >= 4 is 29.9 Å². The summed E-state index contributed by atoms with van der Waals surface area (Å²) in [6.45, 7) is 14.0. The van der Waals surface area contributed by atoms with Crippen molar-refractivity contribution in [3.05, 3.63) is 42.0 Å². The lowest BCUT2D eigenvalue weighted by molar-refractivity contribution is -0.203. The summed E-state index contributed by atoms with van der Waals surface area (Å²) in [5.41, 5.74) is 5.68. The highest BCUT2D eigenvalue weighted by Crippen LogP contribution is 2.26. The zero-order valence-electron chi connectivity index (χ0n) is 28.1. The number of carbonyl (C=O) groups excluding carboxylic acids is 4. The topological polar surface area (TPSA) is 135 Å². The third-order valence-corrected chi connectivity index (χ3v) is 6.91. The van der Waals surface area contributed by atoms with Crippen molar-refractivity contribution in [2.24, 2.45) is 23.7 Å². The van der Waals surface area contributed by atoms with Crippen molar-refractivity contribution in [3.63, 3.8) is 0 Å². The maximum Gasteiger partial charge on any atom is 0.407 e. The molecule has 3 N–H and O–H groups in total. The number of hydrogen-bond donors (Lipinski definition) is 3. The lowest BCUT2D eigenvalue weighted by atomic mass is 9.82. The second-order valence-corrected chi connectivity index (χ2v) is 13.3. The van der Waals surface area contributed by atoms with Gasteiger partial charge in [0.25, 0.3) is 0 Å². The summed E-state index contributed by atoms with van der Waals surface area (Å²) < 4.78 is 10.8. The Labute approximate surface area is 268 Å². The number of nitrogens with one attached hydrogen (secondary N) is 3. The molecule has 11 heteroatoms. The van der Waals surface area contributed by atoms with Crippen LogP contribution in [0.5, 0.6) is 0 Å². The fraction of sp³-hybridized carbons (Fsp3) is 0.647. The zero-order chi connectivity index (χ0) is 33.4. The van der Waals surface area contributed by atoms with Gasteiger partial charge in [0.15, 0.2) is 6.29 Å². The molecule has 1 aliphatic heterocycles. The van der Waals surface area contributed by atoms with E-state index >= 15 is 0 Å². The van der Waals surface area contributed by atoms with Gasteiger partial charge in [-0.15, -0.1) is 0 Å². The Bertz CT molecular complexity index is 1100. The van der Waals surface area contributed by atoms with Gasteiger partial charge in [0.2, 0.25) is 17.7 Å². The number of amides is 4. The van der Waals surface area contributed by atoms with Gasteiger partial charge < -0.3 is 14.8 Å². The van der Waals surface area contributed by atoms with E-state index in [1.165, 1.54) is 5.01 Å². The van der Waals surface area contributed by atoms with Gasteiger partial charge in [-0.3, -0.25) is 24.8 Å². The number of hydrazine groups is 1. The molecule has 2 rings (SSSR count). The second-order valence-electron chi connectivity index (χ2n) is 13.3. The van der Waals surface area contributed by atoms with Gasteiger partial charge >= 0.3 is 6.09 Å². The first-order chi connectivity index (χ1) is 21.2. The average molecular weight is 631 g/mol. The van der Waals surface area contributed by atoms with Crippen molar-refractivity contribution in [1.29, 1.82) is 0 Å². The monoisotopic (exact) mass is 630 g/mol. The summed E-state index contributed by atoms with van der Waals surface area (Å²) in [4.78, 5) is 58.4. The smallest absolute Gasteiger partial charge is 0.407 e. The van der Waals surface area contributed by atoms with Crippen LogP contribution in [0.15, 0.2) is 36.4 Å². The van der Waals surface area contributed by atoms with E-state index < -0.39 is 41.6 Å². The van der Waals surface area contributed by atoms with Gasteiger partial charge in [-0.25, -0.2) is 15.1 Å². The average Bonchev–Trinajstić information content (AvgIpc) is 2.96. The predicted octanol–water partition coefficient (Wildman–Crippen LogP) is 5.37. The Morgan fingerprint density at radius 1 is 1.00 bits per heavy atom. The van der Waals surface area contributed by atoms with Gasteiger partial charge in [-0.2, -0.15) is 0 Å². The molecular weight excluding hydrogens is 576 g/mol. The molecule has 4 amide bonds. The van der Waals surface area contributed by atoms with Gasteiger partial charge in [0.1, 0.15) is 5.60 Å². The maximum atomic E-state index is 13.9. The summed E-state index contributed by atoms with van der Waals surface area (Å²) in [5.74, 6) is -2.62. The van der Waals surface area contributed by atoms with Gasteiger partial charge in [-0.1, -0.05) is 70.2 Å². The highest BCUT2D eigenvalue weighted by Gasteiger charge is 2.35. The van der Waals surface area contributed by atoms with Crippen molar-refractivity contribution in [2.75, 3.05) is 19.7 Å². The van der Waals surface area contributed by atoms with Crippen LogP contribution in [0.3, 0.4) is 0 Å². The summed E-state index contributed by atoms with van der Waals surface area (Å²) in [5, 5.41) is 3.88. The largest absolute Gasteiger partial charge is 0.444 e. The molecule has 252 valence electrons. The molecule has 1 unspecified atom stereocenters. The van der Waals surface area contributed by atoms with E-state index in [4.69, 9.17) is 14.3 Å². The van der Waals surface area contributed by atoms with Crippen LogP contribution in [0.1, 0.15) is 92.6 Å². The minimum atomic E-state index is -0.777. The van der Waals surface area contributed by atoms with Crippen molar-refractivity contribution < 1.29 is 33.5 Å². The van der Waals surface area contributed by atoms with Crippen LogP contribution in [0.2, 0.25) is 0 Å². The van der Waals surface area contributed by atoms with Crippen LogP contribution in [0, 0.1) is 23.7 Å². The number of hydroxylamine groups is 1. The fourth-order valence-electron chi connectivity index (χ4n) is 4.85. The molecule has 0 aromatic heterocycles. The Morgan fingerprint density at radius 3 is 2.31 bits per heavy atom. The SMILES string of the molecule is CC(C)C[C@@H](C(=O)NN(CC(C)C)C(=O)CCNC(=O)OC(C)(C)C)[C@H](C/C=C/c1ccccc1)C(=O)NOC1CCCCO1. The molecule has 0 saturated carbocycles. The second kappa shape index (κ2) is 19.2.